The topological polar surface area (TPSA) is 610 Å². The minimum atomic E-state index is -1.96. The second-order valence-electron chi connectivity index (χ2n) is 22.4. The van der Waals surface area contributed by atoms with E-state index < -0.39 is 150 Å². The molecule has 516 valence electrons. The Labute approximate surface area is 540 Å². The molecule has 0 aliphatic rings. The van der Waals surface area contributed by atoms with Crippen LogP contribution >= 0.6 is 0 Å². The number of aliphatic carboxylic acids is 2. The van der Waals surface area contributed by atoms with Crippen molar-refractivity contribution in [3.05, 3.63) is 77.9 Å². The number of phenolic OH excluding ortho intramolecular Hbond substituents is 2. The number of guanidine groups is 2. The number of aliphatic imine (C=N–C) groups is 2. The van der Waals surface area contributed by atoms with Gasteiger partial charge >= 0.3 is 11.9 Å². The lowest BCUT2D eigenvalue weighted by atomic mass is 10.0. The van der Waals surface area contributed by atoms with Gasteiger partial charge in [-0.05, 0) is 94.2 Å². The number of aromatic nitrogens is 2. The average molecular weight is 1320 g/mol. The molecular formula is C58H87N19O17. The van der Waals surface area contributed by atoms with Gasteiger partial charge in [0.25, 0.3) is 0 Å². The van der Waals surface area contributed by atoms with Crippen molar-refractivity contribution in [2.75, 3.05) is 19.7 Å². The molecule has 26 N–H and O–H groups in total. The number of amides is 10. The van der Waals surface area contributed by atoms with Gasteiger partial charge in [0.2, 0.25) is 59.1 Å². The second-order valence-corrected chi connectivity index (χ2v) is 22.4. The predicted molar refractivity (Wildman–Crippen MR) is 336 cm³/mol. The Morgan fingerprint density at radius 3 is 1.21 bits per heavy atom. The Bertz CT molecular complexity index is 3120. The highest BCUT2D eigenvalue weighted by atomic mass is 16.4. The van der Waals surface area contributed by atoms with Crippen LogP contribution < -0.4 is 81.8 Å². The molecule has 36 heteroatoms. The summed E-state index contributed by atoms with van der Waals surface area (Å²) in [7, 11) is 0. The fourth-order valence-corrected chi connectivity index (χ4v) is 8.83. The van der Waals surface area contributed by atoms with Gasteiger partial charge in [-0.3, -0.25) is 62.7 Å². The minimum absolute atomic E-state index is 0.0237. The zero-order valence-corrected chi connectivity index (χ0v) is 52.6. The molecule has 0 radical (unpaired) electrons. The summed E-state index contributed by atoms with van der Waals surface area (Å²) in [5.41, 5.74) is 29.0. The number of carbonyl (C=O) groups is 12. The number of hydrogen-bond acceptors (Lipinski definition) is 19. The molecule has 0 aliphatic carbocycles. The summed E-state index contributed by atoms with van der Waals surface area (Å²) in [6.45, 7) is 6.33. The highest BCUT2D eigenvalue weighted by Gasteiger charge is 2.36. The van der Waals surface area contributed by atoms with E-state index >= 15 is 0 Å². The van der Waals surface area contributed by atoms with Crippen LogP contribution in [0.2, 0.25) is 0 Å². The van der Waals surface area contributed by atoms with Gasteiger partial charge in [-0.25, -0.2) is 9.78 Å². The number of carboxylic acid groups (broad SMARTS) is 2. The monoisotopic (exact) mass is 1320 g/mol. The first-order valence-electron chi connectivity index (χ1n) is 29.8. The normalized spacial score (nSPS) is 14.5. The van der Waals surface area contributed by atoms with E-state index in [1.54, 1.807) is 0 Å². The second kappa shape index (κ2) is 38.9. The van der Waals surface area contributed by atoms with Gasteiger partial charge in [-0.15, -0.1) is 0 Å². The van der Waals surface area contributed by atoms with Gasteiger partial charge in [0.1, 0.15) is 71.9 Å². The summed E-state index contributed by atoms with van der Waals surface area (Å²) in [5.74, 6) is -13.7. The molecule has 3 rings (SSSR count). The number of aliphatic hydroxyl groups is 1. The number of nitrogens with one attached hydrogen (secondary N) is 11. The summed E-state index contributed by atoms with van der Waals surface area (Å²) >= 11 is 0. The van der Waals surface area contributed by atoms with Crippen LogP contribution in [-0.4, -0.2) is 205 Å². The number of phenols is 2. The summed E-state index contributed by atoms with van der Waals surface area (Å²) in [5, 5.41) is 72.8. The maximum absolute atomic E-state index is 14.1. The first-order chi connectivity index (χ1) is 44.3. The van der Waals surface area contributed by atoms with Crippen LogP contribution in [0.4, 0.5) is 0 Å². The fraction of sp³-hybridized carbons (Fsp3) is 0.500. The van der Waals surface area contributed by atoms with Crippen molar-refractivity contribution >= 4 is 82.9 Å². The van der Waals surface area contributed by atoms with Crippen molar-refractivity contribution in [2.24, 2.45) is 44.6 Å². The first-order valence-corrected chi connectivity index (χ1v) is 29.8. The van der Waals surface area contributed by atoms with E-state index in [9.17, 15) is 83.1 Å². The molecular weight excluding hydrogens is 1230 g/mol. The number of aliphatic hydroxyl groups excluding tert-OH is 1. The van der Waals surface area contributed by atoms with E-state index in [1.807, 2.05) is 13.8 Å². The zero-order chi connectivity index (χ0) is 70.4. The molecule has 0 saturated heterocycles. The summed E-state index contributed by atoms with van der Waals surface area (Å²) in [6.07, 6.45) is 0.869. The fourth-order valence-electron chi connectivity index (χ4n) is 8.83. The van der Waals surface area contributed by atoms with E-state index in [-0.39, 0.29) is 99.5 Å². The molecule has 94 heavy (non-hydrogen) atoms. The summed E-state index contributed by atoms with van der Waals surface area (Å²) < 4.78 is 0. The van der Waals surface area contributed by atoms with Crippen LogP contribution in [-0.2, 0) is 76.8 Å². The molecule has 3 aromatic rings. The van der Waals surface area contributed by atoms with E-state index in [2.05, 4.69) is 73.1 Å². The maximum Gasteiger partial charge on any atom is 0.328 e. The Morgan fingerprint density at radius 2 is 0.830 bits per heavy atom. The van der Waals surface area contributed by atoms with E-state index in [4.69, 9.17) is 28.7 Å². The Morgan fingerprint density at radius 1 is 0.479 bits per heavy atom. The van der Waals surface area contributed by atoms with E-state index in [0.717, 1.165) is 6.92 Å². The molecule has 10 amide bonds. The van der Waals surface area contributed by atoms with Gasteiger partial charge in [-0.2, -0.15) is 0 Å². The van der Waals surface area contributed by atoms with Crippen molar-refractivity contribution in [3.8, 4) is 11.5 Å². The molecule has 1 aromatic heterocycles. The van der Waals surface area contributed by atoms with Gasteiger partial charge in [0.15, 0.2) is 11.9 Å². The van der Waals surface area contributed by atoms with Crippen molar-refractivity contribution in [1.82, 2.24) is 63.1 Å². The Balaban J connectivity index is 1.82. The van der Waals surface area contributed by atoms with Crippen LogP contribution in [0.5, 0.6) is 11.5 Å². The standard InChI is InChI=1S/C58H87N19O17/c1-28(2)20-37(59)49(86)75-41(22-33-12-16-36(80)17-13-33)54(91)71-38(8-6-18-65-57(60)61)50(87)69-29(3)46(83)68-30(4)47(84)74-42(23-34-25-64-27-67-34)55(92)76-43(24-45(81)82)52(89)70-31(5)48(85)73-40(21-32-10-14-35(79)15-11-32)53(90)72-39(9-7-19-66-58(62)63)51(88)77-44(26-78)56(93)94/h10-17,25,27-31,37-44,78-80H,6-9,18-24,26,59H2,1-5H3,(H,64,67)(H,68,83)(H,69,87)(H,70,89)(H,71,91)(H,72,90)(H,73,85)(H,74,84)(H,75,86)(H,76,92)(H,77,88)(H,81,82)(H,93,94)(H4,60,61,65)(H4,62,63,66)/t29-,30-,31-,37-,38-,39-,40-,41-,42-,43-,44-/m0/s1. The lowest BCUT2D eigenvalue weighted by Crippen LogP contribution is -2.60. The lowest BCUT2D eigenvalue weighted by Gasteiger charge is -2.27. The van der Waals surface area contributed by atoms with Crippen LogP contribution in [0.3, 0.4) is 0 Å². The highest BCUT2D eigenvalue weighted by molar-refractivity contribution is 5.99. The number of imidazole rings is 1. The minimum Gasteiger partial charge on any atom is -0.508 e. The molecule has 0 spiro atoms. The van der Waals surface area contributed by atoms with Crippen LogP contribution in [0.1, 0.15) is 90.0 Å². The largest absolute Gasteiger partial charge is 0.508 e. The number of aromatic amines is 1. The molecule has 0 bridgehead atoms. The van der Waals surface area contributed by atoms with Gasteiger partial charge in [0, 0.05) is 44.2 Å². The van der Waals surface area contributed by atoms with Gasteiger partial charge < -0.3 is 112 Å². The molecule has 0 fully saturated rings. The molecule has 0 aliphatic heterocycles. The van der Waals surface area contributed by atoms with Crippen LogP contribution in [0, 0.1) is 5.92 Å². The third-order valence-corrected chi connectivity index (χ3v) is 13.9. The van der Waals surface area contributed by atoms with Crippen molar-refractivity contribution in [2.45, 2.75) is 159 Å². The smallest absolute Gasteiger partial charge is 0.328 e. The molecule has 0 saturated carbocycles. The number of hydrogen-bond donors (Lipinski definition) is 21. The molecule has 1 heterocycles. The first kappa shape index (κ1) is 77.6. The number of carboxylic acids is 2. The summed E-state index contributed by atoms with van der Waals surface area (Å²) in [4.78, 5) is 176. The third-order valence-electron chi connectivity index (χ3n) is 13.9. The van der Waals surface area contributed by atoms with Crippen molar-refractivity contribution < 1.29 is 83.1 Å². The molecule has 0 unspecified atom stereocenters. The van der Waals surface area contributed by atoms with Gasteiger partial charge in [-0.1, -0.05) is 38.1 Å². The molecule has 36 nitrogen and oxygen atoms in total. The molecule has 2 aromatic carbocycles. The van der Waals surface area contributed by atoms with E-state index in [1.165, 1.54) is 74.9 Å². The van der Waals surface area contributed by atoms with Crippen molar-refractivity contribution in [3.63, 3.8) is 0 Å². The zero-order valence-electron chi connectivity index (χ0n) is 52.6. The Kier molecular flexibility index (Phi) is 32.1. The maximum atomic E-state index is 14.1. The number of carbonyl (C=O) groups excluding carboxylic acids is 10. The number of nitrogens with zero attached hydrogens (tertiary/aromatic N) is 3. The highest BCUT2D eigenvalue weighted by Crippen LogP contribution is 2.15. The number of rotatable bonds is 40. The third kappa shape index (κ3) is 28.3. The summed E-state index contributed by atoms with van der Waals surface area (Å²) in [6, 6.07) is -5.39. The quantitative estimate of drug-likeness (QED) is 0.0143. The predicted octanol–water partition coefficient (Wildman–Crippen LogP) is -6.21. The van der Waals surface area contributed by atoms with Gasteiger partial charge in [0.05, 0.1) is 25.4 Å². The number of nitrogens with two attached hydrogens (primary N) is 5. The van der Waals surface area contributed by atoms with Crippen LogP contribution in [0.15, 0.2) is 71.0 Å². The number of aromatic hydroxyl groups is 2. The lowest BCUT2D eigenvalue weighted by molar-refractivity contribution is -0.143. The molecule has 11 atom stereocenters. The SMILES string of the molecule is CC(C)C[C@H](N)C(=O)N[C@@H](Cc1ccc(O)cc1)C(=O)N[C@@H](CCCN=C(N)N)C(=O)N[C@@H](C)C(=O)N[C@@H](C)C(=O)N[C@@H](Cc1cnc[nH]1)C(=O)N[C@@H](CC(=O)O)C(=O)N[C@@H](C)C(=O)N[C@@H](Cc1ccc(O)cc1)C(=O)N[C@@H](CCCN=C(N)N)C(=O)N[C@@H](CO)C(=O)O. The Hall–Kier alpha value is -10.6. The van der Waals surface area contributed by atoms with Crippen LogP contribution in [0.25, 0.3) is 0 Å². The average Bonchev–Trinajstić information content (AvgIpc) is 1.16. The number of H-pyrrole nitrogens is 1. The number of benzene rings is 2. The van der Waals surface area contributed by atoms with E-state index in [0.29, 0.717) is 11.1 Å². The van der Waals surface area contributed by atoms with Crippen molar-refractivity contribution in [1.29, 1.82) is 0 Å².